The Labute approximate surface area is 115 Å². The van der Waals surface area contributed by atoms with Crippen molar-refractivity contribution in [2.24, 2.45) is 0 Å². The number of anilines is 1. The van der Waals surface area contributed by atoms with Crippen LogP contribution in [0.25, 0.3) is 16.8 Å². The lowest BCUT2D eigenvalue weighted by Gasteiger charge is -2.01. The van der Waals surface area contributed by atoms with E-state index in [1.807, 2.05) is 13.0 Å². The molecule has 2 aromatic heterocycles. The van der Waals surface area contributed by atoms with Crippen LogP contribution in [0.4, 0.5) is 10.2 Å². The Bertz CT molecular complexity index is 747. The van der Waals surface area contributed by atoms with Crippen LogP contribution in [-0.4, -0.2) is 14.8 Å². The number of hydrogen-bond acceptors (Lipinski definition) is 3. The predicted molar refractivity (Wildman–Crippen MR) is 75.9 cm³/mol. The highest BCUT2D eigenvalue weighted by Gasteiger charge is 2.11. The van der Waals surface area contributed by atoms with Gasteiger partial charge in [-0.05, 0) is 31.2 Å². The first-order valence-corrected chi connectivity index (χ1v) is 6.18. The van der Waals surface area contributed by atoms with Crippen molar-refractivity contribution in [3.63, 3.8) is 0 Å². The number of aromatic nitrogens is 3. The molecule has 2 heterocycles. The van der Waals surface area contributed by atoms with Gasteiger partial charge in [-0.15, -0.1) is 0 Å². The predicted octanol–water partition coefficient (Wildman–Crippen LogP) is 2.96. The molecule has 0 aliphatic rings. The Morgan fingerprint density at radius 3 is 2.65 bits per heavy atom. The topological polar surface area (TPSA) is 56.7 Å². The number of aryl methyl sites for hydroxylation is 1. The third-order valence-electron chi connectivity index (χ3n) is 3.10. The number of nitrogen functional groups attached to an aromatic ring is 1. The lowest BCUT2D eigenvalue weighted by Crippen LogP contribution is -1.97. The van der Waals surface area contributed by atoms with Crippen LogP contribution in [0.5, 0.6) is 0 Å². The number of benzene rings is 1. The molecular formula is C15H13FN4. The summed E-state index contributed by atoms with van der Waals surface area (Å²) < 4.78 is 15.3. The Morgan fingerprint density at radius 1 is 1.15 bits per heavy atom. The molecule has 0 saturated heterocycles. The number of nitrogens with two attached hydrogens (primary N) is 1. The number of hydrogen-bond donors (Lipinski definition) is 1. The minimum absolute atomic E-state index is 0.308. The van der Waals surface area contributed by atoms with E-state index < -0.39 is 0 Å². The van der Waals surface area contributed by atoms with Gasteiger partial charge in [-0.3, -0.25) is 0 Å². The van der Waals surface area contributed by atoms with E-state index in [0.717, 1.165) is 16.8 Å². The minimum atomic E-state index is -0.308. The monoisotopic (exact) mass is 268 g/mol. The second-order valence-corrected chi connectivity index (χ2v) is 4.50. The van der Waals surface area contributed by atoms with Crippen molar-refractivity contribution >= 4 is 5.82 Å². The van der Waals surface area contributed by atoms with Crippen LogP contribution in [0.2, 0.25) is 0 Å². The molecule has 100 valence electrons. The number of pyridine rings is 1. The summed E-state index contributed by atoms with van der Waals surface area (Å²) in [4.78, 5) is 4.06. The van der Waals surface area contributed by atoms with Crippen LogP contribution in [0.1, 0.15) is 5.69 Å². The van der Waals surface area contributed by atoms with Crippen LogP contribution in [-0.2, 0) is 0 Å². The van der Waals surface area contributed by atoms with Crippen molar-refractivity contribution in [1.29, 1.82) is 0 Å². The van der Waals surface area contributed by atoms with Gasteiger partial charge in [-0.1, -0.05) is 12.1 Å². The maximum absolute atomic E-state index is 13.8. The third kappa shape index (κ3) is 2.14. The fourth-order valence-corrected chi connectivity index (χ4v) is 2.07. The standard InChI is InChI=1S/C15H13FN4/c1-10-12(11-6-7-15(17)18-8-11)9-20(19-10)14-5-3-2-4-13(14)16/h2-9H,1H3,(H2,17,18). The first-order valence-electron chi connectivity index (χ1n) is 6.18. The van der Waals surface area contributed by atoms with Crippen LogP contribution in [0, 0.1) is 12.7 Å². The molecule has 0 unspecified atom stereocenters. The van der Waals surface area contributed by atoms with Gasteiger partial charge in [-0.2, -0.15) is 5.10 Å². The Balaban J connectivity index is 2.08. The molecule has 2 N–H and O–H groups in total. The van der Waals surface area contributed by atoms with Gasteiger partial charge in [0.25, 0.3) is 0 Å². The average Bonchev–Trinajstić information content (AvgIpc) is 2.82. The van der Waals surface area contributed by atoms with Crippen molar-refractivity contribution in [2.75, 3.05) is 5.73 Å². The molecule has 5 heteroatoms. The number of para-hydroxylation sites is 1. The van der Waals surface area contributed by atoms with E-state index in [1.54, 1.807) is 36.7 Å². The number of nitrogens with zero attached hydrogens (tertiary/aromatic N) is 3. The molecule has 0 aliphatic heterocycles. The summed E-state index contributed by atoms with van der Waals surface area (Å²) >= 11 is 0. The summed E-state index contributed by atoms with van der Waals surface area (Å²) in [5.41, 5.74) is 8.61. The van der Waals surface area contributed by atoms with Crippen LogP contribution in [0.3, 0.4) is 0 Å². The molecule has 3 aromatic rings. The van der Waals surface area contributed by atoms with E-state index in [2.05, 4.69) is 10.1 Å². The molecule has 0 fully saturated rings. The van der Waals surface area contributed by atoms with Gasteiger partial charge in [0, 0.05) is 23.5 Å². The highest BCUT2D eigenvalue weighted by Crippen LogP contribution is 2.24. The second kappa shape index (κ2) is 4.77. The van der Waals surface area contributed by atoms with E-state index in [1.165, 1.54) is 10.7 Å². The van der Waals surface area contributed by atoms with Gasteiger partial charge < -0.3 is 5.73 Å². The van der Waals surface area contributed by atoms with Gasteiger partial charge >= 0.3 is 0 Å². The Hall–Kier alpha value is -2.69. The molecule has 0 aliphatic carbocycles. The average molecular weight is 268 g/mol. The molecule has 0 spiro atoms. The fraction of sp³-hybridized carbons (Fsp3) is 0.0667. The molecule has 0 saturated carbocycles. The maximum atomic E-state index is 13.8. The molecule has 3 rings (SSSR count). The summed E-state index contributed by atoms with van der Waals surface area (Å²) in [5, 5.41) is 4.36. The quantitative estimate of drug-likeness (QED) is 0.777. The minimum Gasteiger partial charge on any atom is -0.384 e. The highest BCUT2D eigenvalue weighted by molar-refractivity contribution is 5.65. The first-order chi connectivity index (χ1) is 9.65. The van der Waals surface area contributed by atoms with Gasteiger partial charge in [-0.25, -0.2) is 14.1 Å². The summed E-state index contributed by atoms with van der Waals surface area (Å²) in [6.45, 7) is 1.88. The van der Waals surface area contributed by atoms with Crippen molar-refractivity contribution in [3.8, 4) is 16.8 Å². The van der Waals surface area contributed by atoms with Crippen molar-refractivity contribution < 1.29 is 4.39 Å². The molecule has 20 heavy (non-hydrogen) atoms. The third-order valence-corrected chi connectivity index (χ3v) is 3.10. The maximum Gasteiger partial charge on any atom is 0.148 e. The van der Waals surface area contributed by atoms with Crippen LogP contribution in [0.15, 0.2) is 48.8 Å². The van der Waals surface area contributed by atoms with Crippen molar-refractivity contribution in [2.45, 2.75) is 6.92 Å². The number of halogens is 1. The zero-order valence-electron chi connectivity index (χ0n) is 10.9. The number of rotatable bonds is 2. The Morgan fingerprint density at radius 2 is 1.95 bits per heavy atom. The van der Waals surface area contributed by atoms with E-state index in [0.29, 0.717) is 11.5 Å². The smallest absolute Gasteiger partial charge is 0.148 e. The van der Waals surface area contributed by atoms with Crippen molar-refractivity contribution in [1.82, 2.24) is 14.8 Å². The molecule has 1 aromatic carbocycles. The summed E-state index contributed by atoms with van der Waals surface area (Å²) in [6.07, 6.45) is 3.48. The normalized spacial score (nSPS) is 10.7. The first kappa shape index (κ1) is 12.3. The largest absolute Gasteiger partial charge is 0.384 e. The second-order valence-electron chi connectivity index (χ2n) is 4.50. The van der Waals surface area contributed by atoms with E-state index in [9.17, 15) is 4.39 Å². The lowest BCUT2D eigenvalue weighted by atomic mass is 10.1. The highest BCUT2D eigenvalue weighted by atomic mass is 19.1. The van der Waals surface area contributed by atoms with Crippen molar-refractivity contribution in [3.05, 3.63) is 60.3 Å². The zero-order valence-corrected chi connectivity index (χ0v) is 10.9. The van der Waals surface area contributed by atoms with Gasteiger partial charge in [0.15, 0.2) is 0 Å². The Kier molecular flexibility index (Phi) is 2.95. The molecule has 0 bridgehead atoms. The van der Waals surface area contributed by atoms with Crippen LogP contribution < -0.4 is 5.73 Å². The van der Waals surface area contributed by atoms with Crippen LogP contribution >= 0.6 is 0 Å². The van der Waals surface area contributed by atoms with E-state index in [4.69, 9.17) is 5.73 Å². The lowest BCUT2D eigenvalue weighted by molar-refractivity contribution is 0.610. The molecule has 0 amide bonds. The summed E-state index contributed by atoms with van der Waals surface area (Å²) in [6, 6.07) is 10.1. The summed E-state index contributed by atoms with van der Waals surface area (Å²) in [5.74, 6) is 0.157. The van der Waals surface area contributed by atoms with Gasteiger partial charge in [0.05, 0.1) is 5.69 Å². The van der Waals surface area contributed by atoms with Gasteiger partial charge in [0.2, 0.25) is 0 Å². The molecular weight excluding hydrogens is 255 g/mol. The molecule has 0 atom stereocenters. The SMILES string of the molecule is Cc1nn(-c2ccccc2F)cc1-c1ccc(N)nc1. The fourth-order valence-electron chi connectivity index (χ4n) is 2.07. The van der Waals surface area contributed by atoms with E-state index >= 15 is 0 Å². The molecule has 4 nitrogen and oxygen atoms in total. The molecule has 0 radical (unpaired) electrons. The van der Waals surface area contributed by atoms with E-state index in [-0.39, 0.29) is 5.82 Å². The zero-order chi connectivity index (χ0) is 14.1. The van der Waals surface area contributed by atoms with Gasteiger partial charge in [0.1, 0.15) is 17.3 Å². The summed E-state index contributed by atoms with van der Waals surface area (Å²) in [7, 11) is 0.